The first-order chi connectivity index (χ1) is 4.35. The van der Waals surface area contributed by atoms with Gasteiger partial charge in [0, 0.05) is 6.61 Å². The molecule has 1 N–H and O–H groups in total. The molecule has 1 atom stereocenters. The zero-order chi connectivity index (χ0) is 7.11. The third-order valence-electron chi connectivity index (χ3n) is 1.38. The molecular weight excluding hydrogens is 112 g/mol. The van der Waals surface area contributed by atoms with Crippen molar-refractivity contribution in [2.45, 2.75) is 19.8 Å². The second kappa shape index (κ2) is 5.61. The van der Waals surface area contributed by atoms with E-state index < -0.39 is 0 Å². The molecule has 1 heteroatoms. The van der Waals surface area contributed by atoms with Crippen molar-refractivity contribution in [1.29, 1.82) is 0 Å². The van der Waals surface area contributed by atoms with E-state index in [1.165, 1.54) is 0 Å². The molecule has 0 aromatic carbocycles. The first-order valence-electron chi connectivity index (χ1n) is 3.32. The fourth-order valence-corrected chi connectivity index (χ4v) is 0.738. The summed E-state index contributed by atoms with van der Waals surface area (Å²) in [5.41, 5.74) is 2.72. The average Bonchev–Trinajstić information content (AvgIpc) is 1.88. The largest absolute Gasteiger partial charge is 0.396 e. The maximum absolute atomic E-state index is 8.53. The maximum atomic E-state index is 8.53. The molecular formula is C8H14O. The lowest BCUT2D eigenvalue weighted by atomic mass is 10.0. The molecule has 0 aromatic rings. The molecule has 0 aliphatic rings. The highest BCUT2D eigenvalue weighted by Crippen LogP contribution is 2.07. The van der Waals surface area contributed by atoms with Crippen molar-refractivity contribution in [3.05, 3.63) is 18.4 Å². The van der Waals surface area contributed by atoms with Crippen LogP contribution in [0.15, 0.2) is 18.4 Å². The standard InChI is InChI=1S/C8H14O/c1-3-5-8(4-2)6-7-9/h5,8-9H,1,4,6-7H2,2H3. The lowest BCUT2D eigenvalue weighted by Crippen LogP contribution is -1.96. The van der Waals surface area contributed by atoms with Gasteiger partial charge in [-0.15, -0.1) is 5.73 Å². The molecule has 0 aromatic heterocycles. The van der Waals surface area contributed by atoms with Crippen LogP contribution in [0.5, 0.6) is 0 Å². The van der Waals surface area contributed by atoms with E-state index in [-0.39, 0.29) is 6.61 Å². The molecule has 0 aliphatic carbocycles. The summed E-state index contributed by atoms with van der Waals surface area (Å²) in [6.45, 7) is 5.82. The Labute approximate surface area is 56.7 Å². The van der Waals surface area contributed by atoms with Crippen molar-refractivity contribution in [2.24, 2.45) is 5.92 Å². The van der Waals surface area contributed by atoms with Gasteiger partial charge in [0.2, 0.25) is 0 Å². The van der Waals surface area contributed by atoms with Gasteiger partial charge in [-0.3, -0.25) is 0 Å². The Hall–Kier alpha value is -0.520. The Morgan fingerprint density at radius 1 is 1.78 bits per heavy atom. The van der Waals surface area contributed by atoms with E-state index in [9.17, 15) is 0 Å². The number of allylic oxidation sites excluding steroid dienone is 1. The van der Waals surface area contributed by atoms with Crippen LogP contribution in [0.2, 0.25) is 0 Å². The van der Waals surface area contributed by atoms with Gasteiger partial charge in [-0.1, -0.05) is 13.5 Å². The van der Waals surface area contributed by atoms with E-state index in [0.29, 0.717) is 5.92 Å². The van der Waals surface area contributed by atoms with Crippen LogP contribution in [0.4, 0.5) is 0 Å². The lowest BCUT2D eigenvalue weighted by molar-refractivity contribution is 0.268. The molecule has 0 heterocycles. The average molecular weight is 126 g/mol. The number of hydrogen-bond donors (Lipinski definition) is 1. The molecule has 0 aliphatic heterocycles. The molecule has 0 fully saturated rings. The Bertz CT molecular complexity index is 101. The van der Waals surface area contributed by atoms with Gasteiger partial charge in [-0.05, 0) is 24.8 Å². The van der Waals surface area contributed by atoms with Crippen LogP contribution in [0.3, 0.4) is 0 Å². The predicted molar refractivity (Wildman–Crippen MR) is 39.2 cm³/mol. The van der Waals surface area contributed by atoms with Crippen molar-refractivity contribution in [2.75, 3.05) is 6.61 Å². The van der Waals surface area contributed by atoms with E-state index in [2.05, 4.69) is 19.2 Å². The number of aliphatic hydroxyl groups excluding tert-OH is 1. The Morgan fingerprint density at radius 3 is 2.78 bits per heavy atom. The summed E-state index contributed by atoms with van der Waals surface area (Å²) in [7, 11) is 0. The molecule has 0 radical (unpaired) electrons. The predicted octanol–water partition coefficient (Wildman–Crippen LogP) is 1.74. The van der Waals surface area contributed by atoms with Gasteiger partial charge in [-0.2, -0.15) is 0 Å². The van der Waals surface area contributed by atoms with Crippen LogP contribution in [0.1, 0.15) is 19.8 Å². The minimum absolute atomic E-state index is 0.261. The molecule has 0 saturated heterocycles. The summed E-state index contributed by atoms with van der Waals surface area (Å²) in [5.74, 6) is 0.465. The van der Waals surface area contributed by atoms with Gasteiger partial charge in [0.25, 0.3) is 0 Å². The molecule has 1 unspecified atom stereocenters. The van der Waals surface area contributed by atoms with Crippen LogP contribution >= 0.6 is 0 Å². The smallest absolute Gasteiger partial charge is 0.0436 e. The van der Waals surface area contributed by atoms with Crippen LogP contribution < -0.4 is 0 Å². The van der Waals surface area contributed by atoms with Gasteiger partial charge in [0.05, 0.1) is 0 Å². The first-order valence-corrected chi connectivity index (χ1v) is 3.32. The summed E-state index contributed by atoms with van der Waals surface area (Å²) in [4.78, 5) is 0. The van der Waals surface area contributed by atoms with Gasteiger partial charge in [0.1, 0.15) is 0 Å². The molecule has 0 amide bonds. The summed E-state index contributed by atoms with van der Waals surface area (Å²) in [5, 5.41) is 8.53. The summed E-state index contributed by atoms with van der Waals surface area (Å²) < 4.78 is 0. The molecule has 52 valence electrons. The second-order valence-corrected chi connectivity index (χ2v) is 2.05. The van der Waals surface area contributed by atoms with E-state index >= 15 is 0 Å². The first kappa shape index (κ1) is 8.48. The Morgan fingerprint density at radius 2 is 2.44 bits per heavy atom. The van der Waals surface area contributed by atoms with Gasteiger partial charge < -0.3 is 5.11 Å². The fraction of sp³-hybridized carbons (Fsp3) is 0.625. The van der Waals surface area contributed by atoms with Crippen molar-refractivity contribution in [1.82, 2.24) is 0 Å². The molecule has 0 spiro atoms. The SMILES string of the molecule is C=C=CC(CC)CCO. The molecule has 1 nitrogen and oxygen atoms in total. The van der Waals surface area contributed by atoms with Crippen LogP contribution in [-0.2, 0) is 0 Å². The van der Waals surface area contributed by atoms with Crippen LogP contribution in [-0.4, -0.2) is 11.7 Å². The Balaban J connectivity index is 3.53. The molecule has 9 heavy (non-hydrogen) atoms. The normalized spacial score (nSPS) is 12.2. The van der Waals surface area contributed by atoms with Crippen molar-refractivity contribution < 1.29 is 5.11 Å². The maximum Gasteiger partial charge on any atom is 0.0436 e. The topological polar surface area (TPSA) is 20.2 Å². The fourth-order valence-electron chi connectivity index (χ4n) is 0.738. The summed E-state index contributed by atoms with van der Waals surface area (Å²) in [6.07, 6.45) is 3.80. The summed E-state index contributed by atoms with van der Waals surface area (Å²) in [6, 6.07) is 0. The minimum atomic E-state index is 0.261. The molecule has 0 rings (SSSR count). The van der Waals surface area contributed by atoms with Gasteiger partial charge in [0.15, 0.2) is 0 Å². The van der Waals surface area contributed by atoms with Crippen molar-refractivity contribution >= 4 is 0 Å². The van der Waals surface area contributed by atoms with Gasteiger partial charge >= 0.3 is 0 Å². The minimum Gasteiger partial charge on any atom is -0.396 e. The zero-order valence-electron chi connectivity index (χ0n) is 5.93. The quantitative estimate of drug-likeness (QED) is 0.569. The lowest BCUT2D eigenvalue weighted by Gasteiger charge is -2.03. The van der Waals surface area contributed by atoms with Crippen molar-refractivity contribution in [3.63, 3.8) is 0 Å². The van der Waals surface area contributed by atoms with E-state index in [0.717, 1.165) is 12.8 Å². The number of rotatable bonds is 4. The van der Waals surface area contributed by atoms with Crippen LogP contribution in [0.25, 0.3) is 0 Å². The number of aliphatic hydroxyl groups is 1. The Kier molecular flexibility index (Phi) is 5.29. The van der Waals surface area contributed by atoms with Crippen molar-refractivity contribution in [3.8, 4) is 0 Å². The third-order valence-corrected chi connectivity index (χ3v) is 1.38. The monoisotopic (exact) mass is 126 g/mol. The van der Waals surface area contributed by atoms with E-state index in [1.807, 2.05) is 6.08 Å². The van der Waals surface area contributed by atoms with E-state index in [4.69, 9.17) is 5.11 Å². The third kappa shape index (κ3) is 4.01. The molecule has 0 bridgehead atoms. The second-order valence-electron chi connectivity index (χ2n) is 2.05. The highest BCUT2D eigenvalue weighted by atomic mass is 16.2. The van der Waals surface area contributed by atoms with Crippen LogP contribution in [0, 0.1) is 5.92 Å². The molecule has 0 saturated carbocycles. The number of hydrogen-bond acceptors (Lipinski definition) is 1. The van der Waals surface area contributed by atoms with Gasteiger partial charge in [-0.25, -0.2) is 0 Å². The summed E-state index contributed by atoms with van der Waals surface area (Å²) >= 11 is 0. The zero-order valence-corrected chi connectivity index (χ0v) is 5.93. The highest BCUT2D eigenvalue weighted by molar-refractivity contribution is 4.83. The highest BCUT2D eigenvalue weighted by Gasteiger charge is 1.97. The van der Waals surface area contributed by atoms with E-state index in [1.54, 1.807) is 0 Å².